The van der Waals surface area contributed by atoms with E-state index in [0.29, 0.717) is 34.7 Å². The molecule has 10 heteroatoms. The van der Waals surface area contributed by atoms with Gasteiger partial charge in [-0.1, -0.05) is 41.9 Å². The number of esters is 1. The Hall–Kier alpha value is -3.69. The minimum atomic E-state index is -0.670. The molecule has 0 aromatic heterocycles. The van der Waals surface area contributed by atoms with Crippen molar-refractivity contribution in [1.82, 2.24) is 0 Å². The lowest BCUT2D eigenvalue weighted by Crippen LogP contribution is -2.06. The van der Waals surface area contributed by atoms with Gasteiger partial charge in [0.2, 0.25) is 5.90 Å². The Bertz CT molecular complexity index is 1370. The minimum absolute atomic E-state index is 0.0314. The molecule has 1 heterocycles. The van der Waals surface area contributed by atoms with Gasteiger partial charge in [0.05, 0.1) is 33.2 Å². The van der Waals surface area contributed by atoms with Gasteiger partial charge in [-0.05, 0) is 58.3 Å². The zero-order valence-electron chi connectivity index (χ0n) is 19.1. The summed E-state index contributed by atoms with van der Waals surface area (Å²) in [4.78, 5) is 27.1. The second-order valence-electron chi connectivity index (χ2n) is 7.60. The summed E-state index contributed by atoms with van der Waals surface area (Å²) < 4.78 is 17.7. The maximum Gasteiger partial charge on any atom is 0.363 e. The van der Waals surface area contributed by atoms with E-state index in [9.17, 15) is 14.9 Å². The normalized spacial score (nSPS) is 13.9. The predicted octanol–water partition coefficient (Wildman–Crippen LogP) is 6.38. The summed E-state index contributed by atoms with van der Waals surface area (Å²) in [5, 5.41) is 11.0. The van der Waals surface area contributed by atoms with Crippen LogP contribution in [0.2, 0.25) is 5.02 Å². The number of cyclic esters (lactones) is 1. The number of nitro benzene ring substituents is 1. The topological polar surface area (TPSA) is 100 Å². The third-order valence-corrected chi connectivity index (χ3v) is 6.03. The van der Waals surface area contributed by atoms with Gasteiger partial charge < -0.3 is 14.2 Å². The third-order valence-electron chi connectivity index (χ3n) is 5.13. The zero-order valence-corrected chi connectivity index (χ0v) is 21.4. The molecule has 36 heavy (non-hydrogen) atoms. The van der Waals surface area contributed by atoms with Crippen molar-refractivity contribution < 1.29 is 23.9 Å². The van der Waals surface area contributed by atoms with Crippen LogP contribution < -0.4 is 9.47 Å². The van der Waals surface area contributed by atoms with E-state index in [2.05, 4.69) is 20.9 Å². The second-order valence-corrected chi connectivity index (χ2v) is 8.87. The molecule has 0 saturated heterocycles. The first-order chi connectivity index (χ1) is 17.4. The van der Waals surface area contributed by atoms with Crippen molar-refractivity contribution in [2.45, 2.75) is 13.3 Å². The first-order valence-electron chi connectivity index (χ1n) is 11.0. The average Bonchev–Trinajstić information content (AvgIpc) is 3.21. The maximum atomic E-state index is 12.5. The van der Waals surface area contributed by atoms with Gasteiger partial charge in [0.25, 0.3) is 5.69 Å². The fourth-order valence-electron chi connectivity index (χ4n) is 3.46. The zero-order chi connectivity index (χ0) is 25.7. The number of carbonyl (C=O) groups excluding carboxylic acids is 1. The molecule has 0 atom stereocenters. The number of halogens is 2. The van der Waals surface area contributed by atoms with Crippen molar-refractivity contribution >= 4 is 51.2 Å². The van der Waals surface area contributed by atoms with E-state index in [0.717, 1.165) is 12.0 Å². The molecule has 3 aromatic rings. The highest BCUT2D eigenvalue weighted by atomic mass is 79.9. The van der Waals surface area contributed by atoms with E-state index in [1.807, 2.05) is 37.3 Å². The molecule has 1 aliphatic heterocycles. The summed E-state index contributed by atoms with van der Waals surface area (Å²) in [6.07, 6.45) is 2.29. The number of carbonyl (C=O) groups is 1. The van der Waals surface area contributed by atoms with Crippen molar-refractivity contribution in [3.05, 3.63) is 103 Å². The predicted molar refractivity (Wildman–Crippen MR) is 140 cm³/mol. The van der Waals surface area contributed by atoms with Crippen LogP contribution in [0.4, 0.5) is 5.69 Å². The summed E-state index contributed by atoms with van der Waals surface area (Å²) in [6.45, 7) is 2.75. The highest BCUT2D eigenvalue weighted by Crippen LogP contribution is 2.38. The summed E-state index contributed by atoms with van der Waals surface area (Å²) in [7, 11) is 0. The smallest absolute Gasteiger partial charge is 0.363 e. The molecular formula is C26H20BrClN2O6. The lowest BCUT2D eigenvalue weighted by molar-refractivity contribution is -0.384. The standard InChI is InChI=1S/C26H20BrClN2O6/c1-2-34-23-14-17(12-20(27)24(23)35-11-10-16-6-4-3-5-7-16)13-22-26(31)36-25(29-22)19-9-8-18(30(32)33)15-21(19)28/h3-9,12-15H,2,10-11H2,1H3/b22-13-. The number of hydrogen-bond acceptors (Lipinski definition) is 7. The Morgan fingerprint density at radius 1 is 1.14 bits per heavy atom. The first kappa shape index (κ1) is 25.4. The number of nitro groups is 1. The summed E-state index contributed by atoms with van der Waals surface area (Å²) >= 11 is 9.69. The highest BCUT2D eigenvalue weighted by Gasteiger charge is 2.27. The first-order valence-corrected chi connectivity index (χ1v) is 12.1. The number of nitrogens with zero attached hydrogens (tertiary/aromatic N) is 2. The lowest BCUT2D eigenvalue weighted by atomic mass is 10.1. The van der Waals surface area contributed by atoms with Crippen LogP contribution in [0.25, 0.3) is 6.08 Å². The van der Waals surface area contributed by atoms with Crippen molar-refractivity contribution in [2.75, 3.05) is 13.2 Å². The Labute approximate surface area is 220 Å². The van der Waals surface area contributed by atoms with E-state index < -0.39 is 10.9 Å². The van der Waals surface area contributed by atoms with Crippen LogP contribution in [0.5, 0.6) is 11.5 Å². The summed E-state index contributed by atoms with van der Waals surface area (Å²) in [5.41, 5.74) is 1.94. The largest absolute Gasteiger partial charge is 0.490 e. The number of benzene rings is 3. The summed E-state index contributed by atoms with van der Waals surface area (Å²) in [5.74, 6) is 0.374. The van der Waals surface area contributed by atoms with Crippen LogP contribution in [0, 0.1) is 10.1 Å². The number of hydrogen-bond donors (Lipinski definition) is 0. The van der Waals surface area contributed by atoms with Crippen LogP contribution in [-0.4, -0.2) is 30.0 Å². The van der Waals surface area contributed by atoms with Gasteiger partial charge in [0.15, 0.2) is 17.2 Å². The van der Waals surface area contributed by atoms with Crippen molar-refractivity contribution in [3.8, 4) is 11.5 Å². The van der Waals surface area contributed by atoms with Crippen LogP contribution in [0.15, 0.2) is 75.8 Å². The van der Waals surface area contributed by atoms with Gasteiger partial charge in [-0.15, -0.1) is 0 Å². The molecule has 0 N–H and O–H groups in total. The van der Waals surface area contributed by atoms with E-state index in [-0.39, 0.29) is 27.9 Å². The molecule has 3 aromatic carbocycles. The number of aliphatic imine (C=N–C) groups is 1. The maximum absolute atomic E-state index is 12.5. The second kappa shape index (κ2) is 11.4. The van der Waals surface area contributed by atoms with E-state index in [1.54, 1.807) is 18.2 Å². The van der Waals surface area contributed by atoms with Gasteiger partial charge in [-0.3, -0.25) is 10.1 Å². The number of non-ortho nitro benzene ring substituents is 1. The molecular weight excluding hydrogens is 552 g/mol. The van der Waals surface area contributed by atoms with E-state index in [1.165, 1.54) is 18.2 Å². The summed E-state index contributed by atoms with van der Waals surface area (Å²) in [6, 6.07) is 17.4. The van der Waals surface area contributed by atoms with Gasteiger partial charge in [-0.2, -0.15) is 0 Å². The molecule has 0 fully saturated rings. The molecule has 0 unspecified atom stereocenters. The molecule has 0 amide bonds. The highest BCUT2D eigenvalue weighted by molar-refractivity contribution is 9.10. The van der Waals surface area contributed by atoms with Crippen LogP contribution in [0.3, 0.4) is 0 Å². The van der Waals surface area contributed by atoms with Crippen molar-refractivity contribution in [1.29, 1.82) is 0 Å². The molecule has 0 saturated carbocycles. The fourth-order valence-corrected chi connectivity index (χ4v) is 4.29. The fraction of sp³-hybridized carbons (Fsp3) is 0.154. The molecule has 0 bridgehead atoms. The lowest BCUT2D eigenvalue weighted by Gasteiger charge is -2.15. The van der Waals surface area contributed by atoms with E-state index in [4.69, 9.17) is 25.8 Å². The van der Waals surface area contributed by atoms with Crippen LogP contribution in [0.1, 0.15) is 23.6 Å². The monoisotopic (exact) mass is 570 g/mol. The molecule has 0 aliphatic carbocycles. The average molecular weight is 572 g/mol. The van der Waals surface area contributed by atoms with Gasteiger partial charge in [0, 0.05) is 18.6 Å². The van der Waals surface area contributed by atoms with Gasteiger partial charge in [0.1, 0.15) is 0 Å². The van der Waals surface area contributed by atoms with E-state index >= 15 is 0 Å². The SMILES string of the molecule is CCOc1cc(/C=C2\N=C(c3ccc([N+](=O)[O-])cc3Cl)OC2=O)cc(Br)c1OCCc1ccccc1. The van der Waals surface area contributed by atoms with Gasteiger partial charge in [-0.25, -0.2) is 9.79 Å². The Morgan fingerprint density at radius 2 is 1.92 bits per heavy atom. The Balaban J connectivity index is 1.57. The third kappa shape index (κ3) is 5.92. The quantitative estimate of drug-likeness (QED) is 0.128. The van der Waals surface area contributed by atoms with Crippen LogP contribution >= 0.6 is 27.5 Å². The molecule has 0 radical (unpaired) electrons. The van der Waals surface area contributed by atoms with Crippen molar-refractivity contribution in [3.63, 3.8) is 0 Å². The molecule has 0 spiro atoms. The number of rotatable bonds is 9. The minimum Gasteiger partial charge on any atom is -0.490 e. The Kier molecular flexibility index (Phi) is 8.02. The number of ether oxygens (including phenoxy) is 3. The van der Waals surface area contributed by atoms with Crippen molar-refractivity contribution in [2.24, 2.45) is 4.99 Å². The molecule has 8 nitrogen and oxygen atoms in total. The molecule has 184 valence electrons. The van der Waals surface area contributed by atoms with Gasteiger partial charge >= 0.3 is 5.97 Å². The van der Waals surface area contributed by atoms with Crippen LogP contribution in [-0.2, 0) is 16.0 Å². The molecule has 4 rings (SSSR count). The molecule has 1 aliphatic rings. The Morgan fingerprint density at radius 3 is 2.61 bits per heavy atom.